The van der Waals surface area contributed by atoms with Crippen molar-refractivity contribution in [2.75, 3.05) is 0 Å². The normalized spacial score (nSPS) is 12.2. The summed E-state index contributed by atoms with van der Waals surface area (Å²) in [6, 6.07) is 0.183. The van der Waals surface area contributed by atoms with Gasteiger partial charge in [0, 0.05) is 12.2 Å². The lowest BCUT2D eigenvalue weighted by Crippen LogP contribution is -2.17. The maximum absolute atomic E-state index is 5.69. The smallest absolute Gasteiger partial charge is 0.146 e. The van der Waals surface area contributed by atoms with Crippen molar-refractivity contribution in [1.82, 2.24) is 9.97 Å². The SMILES string of the molecule is Cc1cnc(C(N)=NC(C)C)cn1. The van der Waals surface area contributed by atoms with E-state index in [9.17, 15) is 0 Å². The molecule has 0 spiro atoms. The molecule has 2 N–H and O–H groups in total. The van der Waals surface area contributed by atoms with E-state index in [1.165, 1.54) is 0 Å². The van der Waals surface area contributed by atoms with E-state index >= 15 is 0 Å². The van der Waals surface area contributed by atoms with Crippen LogP contribution in [0.2, 0.25) is 0 Å². The second kappa shape index (κ2) is 3.98. The van der Waals surface area contributed by atoms with E-state index in [2.05, 4.69) is 15.0 Å². The molecular formula is C9H14N4. The molecule has 0 amide bonds. The Morgan fingerprint density at radius 2 is 2.08 bits per heavy atom. The molecular weight excluding hydrogens is 164 g/mol. The highest BCUT2D eigenvalue weighted by Crippen LogP contribution is 1.95. The molecule has 0 aliphatic rings. The number of nitrogens with zero attached hydrogens (tertiary/aromatic N) is 3. The van der Waals surface area contributed by atoms with Crippen LogP contribution in [-0.2, 0) is 0 Å². The van der Waals surface area contributed by atoms with Gasteiger partial charge in [-0.3, -0.25) is 9.98 Å². The van der Waals surface area contributed by atoms with Crippen molar-refractivity contribution >= 4 is 5.84 Å². The topological polar surface area (TPSA) is 64.2 Å². The summed E-state index contributed by atoms with van der Waals surface area (Å²) in [5.74, 6) is 0.447. The summed E-state index contributed by atoms with van der Waals surface area (Å²) in [5, 5.41) is 0. The highest BCUT2D eigenvalue weighted by Gasteiger charge is 2.00. The Balaban J connectivity index is 2.89. The van der Waals surface area contributed by atoms with E-state index in [1.54, 1.807) is 12.4 Å². The van der Waals surface area contributed by atoms with Gasteiger partial charge in [-0.2, -0.15) is 0 Å². The first-order valence-electron chi connectivity index (χ1n) is 4.22. The zero-order chi connectivity index (χ0) is 9.84. The molecule has 4 heteroatoms. The van der Waals surface area contributed by atoms with E-state index in [4.69, 9.17) is 5.73 Å². The molecule has 0 bridgehead atoms. The second-order valence-electron chi connectivity index (χ2n) is 3.15. The molecule has 0 saturated carbocycles. The predicted molar refractivity (Wildman–Crippen MR) is 52.6 cm³/mol. The minimum Gasteiger partial charge on any atom is -0.382 e. The van der Waals surface area contributed by atoms with Crippen molar-refractivity contribution in [2.24, 2.45) is 10.7 Å². The lowest BCUT2D eigenvalue weighted by Gasteiger charge is -2.01. The Morgan fingerprint density at radius 3 is 2.54 bits per heavy atom. The second-order valence-corrected chi connectivity index (χ2v) is 3.15. The zero-order valence-corrected chi connectivity index (χ0v) is 8.15. The molecule has 1 heterocycles. The number of hydrogen-bond acceptors (Lipinski definition) is 3. The van der Waals surface area contributed by atoms with E-state index in [0.717, 1.165) is 5.69 Å². The number of aryl methyl sites for hydroxylation is 1. The van der Waals surface area contributed by atoms with Gasteiger partial charge in [0.15, 0.2) is 0 Å². The third-order valence-corrected chi connectivity index (χ3v) is 1.44. The Kier molecular flexibility index (Phi) is 2.95. The number of aliphatic imine (C=N–C) groups is 1. The minimum atomic E-state index is 0.183. The molecule has 13 heavy (non-hydrogen) atoms. The minimum absolute atomic E-state index is 0.183. The quantitative estimate of drug-likeness (QED) is 0.540. The van der Waals surface area contributed by atoms with Crippen molar-refractivity contribution in [3.8, 4) is 0 Å². The lowest BCUT2D eigenvalue weighted by molar-refractivity contribution is 0.832. The van der Waals surface area contributed by atoms with Crippen LogP contribution in [0.3, 0.4) is 0 Å². The standard InChI is InChI=1S/C9H14N4/c1-6(2)13-9(10)8-5-11-7(3)4-12-8/h4-6H,1-3H3,(H2,10,13). The largest absolute Gasteiger partial charge is 0.382 e. The van der Waals surface area contributed by atoms with Gasteiger partial charge in [0.2, 0.25) is 0 Å². The Morgan fingerprint density at radius 1 is 1.38 bits per heavy atom. The van der Waals surface area contributed by atoms with Gasteiger partial charge in [-0.1, -0.05) is 0 Å². The molecule has 0 atom stereocenters. The third kappa shape index (κ3) is 2.82. The van der Waals surface area contributed by atoms with Gasteiger partial charge in [0.1, 0.15) is 11.5 Å². The Hall–Kier alpha value is -1.45. The molecule has 70 valence electrons. The summed E-state index contributed by atoms with van der Waals surface area (Å²) < 4.78 is 0. The Labute approximate surface area is 77.9 Å². The van der Waals surface area contributed by atoms with E-state index in [0.29, 0.717) is 11.5 Å². The molecule has 0 aliphatic carbocycles. The van der Waals surface area contributed by atoms with Gasteiger partial charge < -0.3 is 5.73 Å². The number of rotatable bonds is 2. The van der Waals surface area contributed by atoms with E-state index in [-0.39, 0.29) is 6.04 Å². The highest BCUT2D eigenvalue weighted by atomic mass is 14.9. The van der Waals surface area contributed by atoms with Crippen LogP contribution in [0, 0.1) is 6.92 Å². The molecule has 0 unspecified atom stereocenters. The predicted octanol–water partition coefficient (Wildman–Crippen LogP) is 0.899. The maximum atomic E-state index is 5.69. The lowest BCUT2D eigenvalue weighted by atomic mass is 10.3. The Bertz CT molecular complexity index is 300. The van der Waals surface area contributed by atoms with E-state index < -0.39 is 0 Å². The van der Waals surface area contributed by atoms with Gasteiger partial charge in [-0.05, 0) is 20.8 Å². The molecule has 0 aromatic carbocycles. The fourth-order valence-electron chi connectivity index (χ4n) is 0.869. The van der Waals surface area contributed by atoms with Crippen molar-refractivity contribution in [2.45, 2.75) is 26.8 Å². The van der Waals surface area contributed by atoms with Crippen LogP contribution in [0.25, 0.3) is 0 Å². The molecule has 4 nitrogen and oxygen atoms in total. The number of hydrogen-bond donors (Lipinski definition) is 1. The monoisotopic (exact) mass is 178 g/mol. The average molecular weight is 178 g/mol. The molecule has 1 aromatic heterocycles. The molecule has 0 radical (unpaired) electrons. The third-order valence-electron chi connectivity index (χ3n) is 1.44. The first kappa shape index (κ1) is 9.64. The van der Waals surface area contributed by atoms with E-state index in [1.807, 2.05) is 20.8 Å². The van der Waals surface area contributed by atoms with Crippen molar-refractivity contribution in [3.05, 3.63) is 23.8 Å². The van der Waals surface area contributed by atoms with Gasteiger partial charge in [0.25, 0.3) is 0 Å². The maximum Gasteiger partial charge on any atom is 0.146 e. The summed E-state index contributed by atoms with van der Waals surface area (Å²) in [6.07, 6.45) is 3.31. The fourth-order valence-corrected chi connectivity index (χ4v) is 0.869. The van der Waals surface area contributed by atoms with Crippen LogP contribution in [0.15, 0.2) is 17.4 Å². The number of aromatic nitrogens is 2. The van der Waals surface area contributed by atoms with Crippen LogP contribution in [0.5, 0.6) is 0 Å². The summed E-state index contributed by atoms with van der Waals surface area (Å²) in [7, 11) is 0. The van der Waals surface area contributed by atoms with Gasteiger partial charge in [0.05, 0.1) is 11.9 Å². The summed E-state index contributed by atoms with van der Waals surface area (Å²) in [6.45, 7) is 5.81. The van der Waals surface area contributed by atoms with Crippen molar-refractivity contribution in [3.63, 3.8) is 0 Å². The molecule has 1 aromatic rings. The zero-order valence-electron chi connectivity index (χ0n) is 8.15. The van der Waals surface area contributed by atoms with Crippen LogP contribution in [0.1, 0.15) is 25.2 Å². The first-order valence-corrected chi connectivity index (χ1v) is 4.22. The molecule has 0 fully saturated rings. The molecule has 0 aliphatic heterocycles. The number of nitrogens with two attached hydrogens (primary N) is 1. The summed E-state index contributed by atoms with van der Waals surface area (Å²) >= 11 is 0. The van der Waals surface area contributed by atoms with Crippen LogP contribution in [0.4, 0.5) is 0 Å². The van der Waals surface area contributed by atoms with Crippen molar-refractivity contribution < 1.29 is 0 Å². The molecule has 0 saturated heterocycles. The summed E-state index contributed by atoms with van der Waals surface area (Å²) in [4.78, 5) is 12.4. The molecule has 1 rings (SSSR count). The highest BCUT2D eigenvalue weighted by molar-refractivity contribution is 5.95. The van der Waals surface area contributed by atoms with Crippen LogP contribution < -0.4 is 5.73 Å². The van der Waals surface area contributed by atoms with Crippen molar-refractivity contribution in [1.29, 1.82) is 0 Å². The fraction of sp³-hybridized carbons (Fsp3) is 0.444. The van der Waals surface area contributed by atoms with Gasteiger partial charge in [-0.15, -0.1) is 0 Å². The first-order chi connectivity index (χ1) is 6.09. The number of amidine groups is 1. The van der Waals surface area contributed by atoms with Gasteiger partial charge >= 0.3 is 0 Å². The van der Waals surface area contributed by atoms with Gasteiger partial charge in [-0.25, -0.2) is 4.98 Å². The van der Waals surface area contributed by atoms with Crippen LogP contribution in [-0.4, -0.2) is 21.8 Å². The van der Waals surface area contributed by atoms with Crippen LogP contribution >= 0.6 is 0 Å². The summed E-state index contributed by atoms with van der Waals surface area (Å²) in [5.41, 5.74) is 7.21. The average Bonchev–Trinajstić information content (AvgIpc) is 2.04.